The highest BCUT2D eigenvalue weighted by molar-refractivity contribution is 5.96. The van der Waals surface area contributed by atoms with Gasteiger partial charge >= 0.3 is 5.97 Å². The summed E-state index contributed by atoms with van der Waals surface area (Å²) in [4.78, 5) is 23.9. The second-order valence-electron chi connectivity index (χ2n) is 7.38. The van der Waals surface area contributed by atoms with Crippen LogP contribution in [-0.4, -0.2) is 23.0 Å². The first kappa shape index (κ1) is 18.7. The Morgan fingerprint density at radius 1 is 1.00 bits per heavy atom. The third-order valence-corrected chi connectivity index (χ3v) is 4.18. The van der Waals surface area contributed by atoms with Crippen molar-refractivity contribution in [1.29, 1.82) is 0 Å². The molecule has 0 aliphatic rings. The first-order valence-electron chi connectivity index (χ1n) is 8.36. The second kappa shape index (κ2) is 7.51. The minimum atomic E-state index is -1.04. The lowest BCUT2D eigenvalue weighted by atomic mass is 9.86. The van der Waals surface area contributed by atoms with Crippen molar-refractivity contribution in [3.8, 4) is 0 Å². The third-order valence-electron chi connectivity index (χ3n) is 4.18. The van der Waals surface area contributed by atoms with Gasteiger partial charge < -0.3 is 10.4 Å². The van der Waals surface area contributed by atoms with Crippen LogP contribution in [0, 0.1) is 6.92 Å². The smallest absolute Gasteiger partial charge is 0.326 e. The largest absolute Gasteiger partial charge is 0.480 e. The lowest BCUT2D eigenvalue weighted by molar-refractivity contribution is -0.139. The normalized spacial score (nSPS) is 12.5. The number of hydrogen-bond acceptors (Lipinski definition) is 2. The van der Waals surface area contributed by atoms with Gasteiger partial charge in [0, 0.05) is 12.0 Å². The molecular formula is C21H25NO3. The van der Waals surface area contributed by atoms with Crippen molar-refractivity contribution in [3.63, 3.8) is 0 Å². The van der Waals surface area contributed by atoms with E-state index in [1.807, 2.05) is 43.3 Å². The van der Waals surface area contributed by atoms with Crippen LogP contribution in [0.2, 0.25) is 0 Å². The van der Waals surface area contributed by atoms with Crippen molar-refractivity contribution < 1.29 is 14.7 Å². The van der Waals surface area contributed by atoms with Crippen LogP contribution < -0.4 is 5.32 Å². The van der Waals surface area contributed by atoms with E-state index in [1.54, 1.807) is 12.1 Å². The number of aryl methyl sites for hydroxylation is 1. The summed E-state index contributed by atoms with van der Waals surface area (Å²) in [7, 11) is 0. The molecule has 25 heavy (non-hydrogen) atoms. The Morgan fingerprint density at radius 3 is 2.04 bits per heavy atom. The van der Waals surface area contributed by atoms with E-state index >= 15 is 0 Å². The molecule has 0 saturated carbocycles. The van der Waals surface area contributed by atoms with Crippen LogP contribution in [0.4, 0.5) is 0 Å². The molecule has 0 heterocycles. The van der Waals surface area contributed by atoms with Crippen LogP contribution in [0.3, 0.4) is 0 Å². The quantitative estimate of drug-likeness (QED) is 0.872. The minimum Gasteiger partial charge on any atom is -0.480 e. The van der Waals surface area contributed by atoms with E-state index in [1.165, 1.54) is 0 Å². The molecule has 4 nitrogen and oxygen atoms in total. The van der Waals surface area contributed by atoms with Crippen molar-refractivity contribution in [2.45, 2.75) is 45.6 Å². The molecule has 0 aliphatic heterocycles. The van der Waals surface area contributed by atoms with Crippen LogP contribution in [0.5, 0.6) is 0 Å². The van der Waals surface area contributed by atoms with E-state index in [4.69, 9.17) is 0 Å². The molecule has 0 spiro atoms. The Morgan fingerprint density at radius 2 is 1.56 bits per heavy atom. The second-order valence-corrected chi connectivity index (χ2v) is 7.38. The van der Waals surface area contributed by atoms with Crippen molar-refractivity contribution >= 4 is 11.9 Å². The molecule has 2 aromatic rings. The molecule has 0 saturated heterocycles. The Hall–Kier alpha value is -2.62. The van der Waals surface area contributed by atoms with Crippen LogP contribution in [0.1, 0.15) is 47.8 Å². The van der Waals surface area contributed by atoms with E-state index in [0.717, 1.165) is 16.7 Å². The summed E-state index contributed by atoms with van der Waals surface area (Å²) in [5, 5.41) is 12.0. The highest BCUT2D eigenvalue weighted by atomic mass is 16.4. The van der Waals surface area contributed by atoms with Gasteiger partial charge in [0.25, 0.3) is 5.91 Å². The van der Waals surface area contributed by atoms with Gasteiger partial charge in [0.2, 0.25) is 0 Å². The van der Waals surface area contributed by atoms with Gasteiger partial charge in [-0.2, -0.15) is 0 Å². The van der Waals surface area contributed by atoms with Gasteiger partial charge in [0.15, 0.2) is 0 Å². The average molecular weight is 339 g/mol. The van der Waals surface area contributed by atoms with Gasteiger partial charge in [-0.25, -0.2) is 4.79 Å². The molecule has 2 N–H and O–H groups in total. The summed E-state index contributed by atoms with van der Waals surface area (Å²) in [6.45, 7) is 8.28. The van der Waals surface area contributed by atoms with Crippen molar-refractivity contribution in [3.05, 3.63) is 70.8 Å². The van der Waals surface area contributed by atoms with Gasteiger partial charge in [0.1, 0.15) is 6.04 Å². The average Bonchev–Trinajstić information content (AvgIpc) is 2.55. The maximum Gasteiger partial charge on any atom is 0.326 e. The number of hydrogen-bond donors (Lipinski definition) is 2. The van der Waals surface area contributed by atoms with E-state index in [0.29, 0.717) is 5.56 Å². The lowest BCUT2D eigenvalue weighted by Gasteiger charge is -2.19. The van der Waals surface area contributed by atoms with Gasteiger partial charge in [-0.3, -0.25) is 4.79 Å². The number of rotatable bonds is 5. The first-order chi connectivity index (χ1) is 11.7. The predicted molar refractivity (Wildman–Crippen MR) is 98.9 cm³/mol. The first-order valence-corrected chi connectivity index (χ1v) is 8.36. The summed E-state index contributed by atoms with van der Waals surface area (Å²) in [5.74, 6) is -1.42. The maximum atomic E-state index is 12.4. The third kappa shape index (κ3) is 5.18. The molecule has 0 bridgehead atoms. The van der Waals surface area contributed by atoms with Crippen molar-refractivity contribution in [1.82, 2.24) is 5.32 Å². The summed E-state index contributed by atoms with van der Waals surface area (Å²) >= 11 is 0. The van der Waals surface area contributed by atoms with E-state index in [9.17, 15) is 14.7 Å². The zero-order chi connectivity index (χ0) is 18.6. The molecule has 1 amide bonds. The molecule has 0 fully saturated rings. The molecule has 0 radical (unpaired) electrons. The molecule has 0 aliphatic carbocycles. The van der Waals surface area contributed by atoms with Crippen LogP contribution in [-0.2, 0) is 16.6 Å². The van der Waals surface area contributed by atoms with Gasteiger partial charge in [0.05, 0.1) is 0 Å². The van der Waals surface area contributed by atoms with Gasteiger partial charge in [-0.15, -0.1) is 0 Å². The SMILES string of the molecule is Cc1ccc(C[C@H](NC(=O)c2ccc(C(C)(C)C)cc2)C(=O)O)cc1. The maximum absolute atomic E-state index is 12.4. The topological polar surface area (TPSA) is 66.4 Å². The fourth-order valence-corrected chi connectivity index (χ4v) is 2.52. The highest BCUT2D eigenvalue weighted by Crippen LogP contribution is 2.22. The molecule has 2 rings (SSSR count). The van der Waals surface area contributed by atoms with Crippen LogP contribution in [0.25, 0.3) is 0 Å². The van der Waals surface area contributed by atoms with Gasteiger partial charge in [-0.05, 0) is 35.6 Å². The number of benzene rings is 2. The summed E-state index contributed by atoms with van der Waals surface area (Å²) in [6, 6.07) is 14.0. The Bertz CT molecular complexity index is 740. The van der Waals surface area contributed by atoms with Crippen LogP contribution >= 0.6 is 0 Å². The highest BCUT2D eigenvalue weighted by Gasteiger charge is 2.21. The fraction of sp³-hybridized carbons (Fsp3) is 0.333. The zero-order valence-corrected chi connectivity index (χ0v) is 15.2. The van der Waals surface area contributed by atoms with E-state index in [2.05, 4.69) is 26.1 Å². The summed E-state index contributed by atoms with van der Waals surface area (Å²) in [5.41, 5.74) is 3.57. The van der Waals surface area contributed by atoms with Crippen molar-refractivity contribution in [2.24, 2.45) is 0 Å². The molecular weight excluding hydrogens is 314 g/mol. The number of carbonyl (C=O) groups excluding carboxylic acids is 1. The fourth-order valence-electron chi connectivity index (χ4n) is 2.52. The Kier molecular flexibility index (Phi) is 5.62. The predicted octanol–water partition coefficient (Wildman–Crippen LogP) is 3.72. The number of aliphatic carboxylic acids is 1. The summed E-state index contributed by atoms with van der Waals surface area (Å²) in [6.07, 6.45) is 0.251. The molecule has 0 unspecified atom stereocenters. The van der Waals surface area contributed by atoms with E-state index < -0.39 is 12.0 Å². The Labute approximate surface area is 148 Å². The number of carbonyl (C=O) groups is 2. The number of amides is 1. The van der Waals surface area contributed by atoms with Crippen molar-refractivity contribution in [2.75, 3.05) is 0 Å². The van der Waals surface area contributed by atoms with Crippen LogP contribution in [0.15, 0.2) is 48.5 Å². The van der Waals surface area contributed by atoms with Gasteiger partial charge in [-0.1, -0.05) is 62.7 Å². The standard InChI is InChI=1S/C21H25NO3/c1-14-5-7-15(8-6-14)13-18(20(24)25)22-19(23)16-9-11-17(12-10-16)21(2,3)4/h5-12,18H,13H2,1-4H3,(H,22,23)(H,24,25)/t18-/m0/s1. The summed E-state index contributed by atoms with van der Waals surface area (Å²) < 4.78 is 0. The minimum absolute atomic E-state index is 0.00401. The van der Waals surface area contributed by atoms with E-state index in [-0.39, 0.29) is 17.7 Å². The number of carboxylic acid groups (broad SMARTS) is 1. The Balaban J connectivity index is 2.09. The molecule has 0 aromatic heterocycles. The number of carboxylic acids is 1. The monoisotopic (exact) mass is 339 g/mol. The molecule has 2 aromatic carbocycles. The molecule has 1 atom stereocenters. The molecule has 132 valence electrons. The number of nitrogens with one attached hydrogen (secondary N) is 1. The molecule has 4 heteroatoms. The zero-order valence-electron chi connectivity index (χ0n) is 15.2. The lowest BCUT2D eigenvalue weighted by Crippen LogP contribution is -2.42.